The van der Waals surface area contributed by atoms with E-state index in [1.165, 1.54) is 0 Å². The SMILES string of the molecule is CC(=O)Nc1nc2[nH]c(=O)n(C(F)C(F)F)c2c(=O)[nH]1. The summed E-state index contributed by atoms with van der Waals surface area (Å²) in [5.41, 5.74) is -3.37. The van der Waals surface area contributed by atoms with Crippen LogP contribution in [-0.2, 0) is 4.79 Å². The molecular weight excluding hydrogens is 283 g/mol. The first-order valence-corrected chi connectivity index (χ1v) is 5.25. The van der Waals surface area contributed by atoms with Crippen molar-refractivity contribution >= 4 is 23.0 Å². The molecule has 2 aromatic heterocycles. The molecule has 0 radical (unpaired) electrons. The van der Waals surface area contributed by atoms with E-state index in [0.717, 1.165) is 6.92 Å². The van der Waals surface area contributed by atoms with Crippen molar-refractivity contribution in [3.05, 3.63) is 20.8 Å². The number of rotatable bonds is 3. The average Bonchev–Trinajstić information content (AvgIpc) is 2.63. The van der Waals surface area contributed by atoms with Gasteiger partial charge in [-0.25, -0.2) is 22.5 Å². The van der Waals surface area contributed by atoms with E-state index in [-0.39, 0.29) is 10.5 Å². The zero-order valence-electron chi connectivity index (χ0n) is 9.91. The van der Waals surface area contributed by atoms with Crippen LogP contribution in [-0.4, -0.2) is 31.9 Å². The van der Waals surface area contributed by atoms with Gasteiger partial charge in [0.25, 0.3) is 12.0 Å². The summed E-state index contributed by atoms with van der Waals surface area (Å²) in [7, 11) is 0. The van der Waals surface area contributed by atoms with Crippen molar-refractivity contribution < 1.29 is 18.0 Å². The van der Waals surface area contributed by atoms with Crippen molar-refractivity contribution in [2.75, 3.05) is 5.32 Å². The lowest BCUT2D eigenvalue weighted by atomic mass is 10.5. The van der Waals surface area contributed by atoms with Crippen LogP contribution in [0.3, 0.4) is 0 Å². The van der Waals surface area contributed by atoms with Gasteiger partial charge in [0.05, 0.1) is 0 Å². The minimum absolute atomic E-state index is 0.0244. The van der Waals surface area contributed by atoms with Crippen molar-refractivity contribution in [1.82, 2.24) is 19.5 Å². The third-order valence-electron chi connectivity index (χ3n) is 2.33. The normalized spacial score (nSPS) is 12.8. The quantitative estimate of drug-likeness (QED) is 0.744. The molecule has 0 saturated carbocycles. The Bertz CT molecular complexity index is 777. The van der Waals surface area contributed by atoms with E-state index in [4.69, 9.17) is 0 Å². The third kappa shape index (κ3) is 2.29. The Kier molecular flexibility index (Phi) is 3.34. The van der Waals surface area contributed by atoms with Crippen LogP contribution in [0.2, 0.25) is 0 Å². The number of alkyl halides is 3. The van der Waals surface area contributed by atoms with Gasteiger partial charge in [0.15, 0.2) is 11.2 Å². The number of nitrogens with zero attached hydrogens (tertiary/aromatic N) is 2. The molecule has 0 aliphatic heterocycles. The van der Waals surface area contributed by atoms with Crippen molar-refractivity contribution in [2.24, 2.45) is 0 Å². The van der Waals surface area contributed by atoms with Gasteiger partial charge in [0.2, 0.25) is 18.2 Å². The van der Waals surface area contributed by atoms with Gasteiger partial charge in [-0.3, -0.25) is 24.9 Å². The number of carbonyl (C=O) groups is 1. The van der Waals surface area contributed by atoms with Crippen molar-refractivity contribution in [3.8, 4) is 0 Å². The zero-order valence-corrected chi connectivity index (χ0v) is 9.91. The summed E-state index contributed by atoms with van der Waals surface area (Å²) in [4.78, 5) is 41.6. The smallest absolute Gasteiger partial charge is 0.296 e. The van der Waals surface area contributed by atoms with Gasteiger partial charge < -0.3 is 0 Å². The summed E-state index contributed by atoms with van der Waals surface area (Å²) >= 11 is 0. The number of hydrogen-bond donors (Lipinski definition) is 3. The number of H-pyrrole nitrogens is 2. The first-order chi connectivity index (χ1) is 9.31. The van der Waals surface area contributed by atoms with Crippen molar-refractivity contribution in [3.63, 3.8) is 0 Å². The number of anilines is 1. The molecule has 0 saturated heterocycles. The highest BCUT2D eigenvalue weighted by molar-refractivity contribution is 5.87. The van der Waals surface area contributed by atoms with Crippen LogP contribution < -0.4 is 16.6 Å². The lowest BCUT2D eigenvalue weighted by Crippen LogP contribution is -2.27. The number of amides is 1. The molecule has 0 spiro atoms. The van der Waals surface area contributed by atoms with Crippen LogP contribution in [0.5, 0.6) is 0 Å². The maximum absolute atomic E-state index is 13.3. The van der Waals surface area contributed by atoms with E-state index >= 15 is 0 Å². The lowest BCUT2D eigenvalue weighted by Gasteiger charge is -2.07. The topological polar surface area (TPSA) is 113 Å². The Morgan fingerprint density at radius 3 is 2.50 bits per heavy atom. The Morgan fingerprint density at radius 1 is 1.30 bits per heavy atom. The first kappa shape index (κ1) is 13.8. The molecule has 108 valence electrons. The fraction of sp³-hybridized carbons (Fsp3) is 0.333. The standard InChI is InChI=1S/C9H8F3N5O3/c1-2(18)13-8-14-6-3(7(19)16-8)17(9(20)15-6)5(12)4(10)11/h4-5H,1H3,(H3,13,14,15,16,18,19,20). The second-order valence-corrected chi connectivity index (χ2v) is 3.80. The van der Waals surface area contributed by atoms with Gasteiger partial charge in [-0.2, -0.15) is 4.98 Å². The number of halogens is 3. The van der Waals surface area contributed by atoms with E-state index in [2.05, 4.69) is 10.3 Å². The van der Waals surface area contributed by atoms with E-state index in [1.807, 2.05) is 9.97 Å². The van der Waals surface area contributed by atoms with Crippen LogP contribution in [0, 0.1) is 0 Å². The summed E-state index contributed by atoms with van der Waals surface area (Å²) < 4.78 is 38.0. The fourth-order valence-corrected chi connectivity index (χ4v) is 1.61. The number of nitrogens with one attached hydrogen (secondary N) is 3. The monoisotopic (exact) mass is 291 g/mol. The average molecular weight is 291 g/mol. The molecule has 1 atom stereocenters. The molecule has 11 heteroatoms. The molecule has 20 heavy (non-hydrogen) atoms. The molecule has 1 amide bonds. The highest BCUT2D eigenvalue weighted by atomic mass is 19.3. The fourth-order valence-electron chi connectivity index (χ4n) is 1.61. The summed E-state index contributed by atoms with van der Waals surface area (Å²) in [5.74, 6) is -0.846. The van der Waals surface area contributed by atoms with E-state index in [0.29, 0.717) is 0 Å². The number of hydrogen-bond acceptors (Lipinski definition) is 4. The van der Waals surface area contributed by atoms with E-state index in [9.17, 15) is 27.6 Å². The molecule has 8 nitrogen and oxygen atoms in total. The molecule has 0 fully saturated rings. The lowest BCUT2D eigenvalue weighted by molar-refractivity contribution is -0.114. The van der Waals surface area contributed by atoms with Gasteiger partial charge in [0.1, 0.15) is 0 Å². The second kappa shape index (κ2) is 4.83. The Morgan fingerprint density at radius 2 is 1.95 bits per heavy atom. The number of fused-ring (bicyclic) bond motifs is 1. The van der Waals surface area contributed by atoms with Gasteiger partial charge in [-0.05, 0) is 0 Å². The number of aromatic nitrogens is 4. The Balaban J connectivity index is 2.69. The van der Waals surface area contributed by atoms with Gasteiger partial charge in [-0.1, -0.05) is 0 Å². The maximum atomic E-state index is 13.3. The zero-order chi connectivity index (χ0) is 15.0. The van der Waals surface area contributed by atoms with Gasteiger partial charge in [0, 0.05) is 6.92 Å². The number of aromatic amines is 2. The molecule has 2 rings (SSSR count). The second-order valence-electron chi connectivity index (χ2n) is 3.80. The molecule has 0 aliphatic rings. The molecule has 0 bridgehead atoms. The number of imidazole rings is 1. The van der Waals surface area contributed by atoms with Crippen molar-refractivity contribution in [2.45, 2.75) is 19.6 Å². The minimum Gasteiger partial charge on any atom is -0.296 e. The van der Waals surface area contributed by atoms with Crippen LogP contribution in [0.15, 0.2) is 9.59 Å². The third-order valence-corrected chi connectivity index (χ3v) is 2.33. The summed E-state index contributed by atoms with van der Waals surface area (Å²) in [6.07, 6.45) is -6.47. The highest BCUT2D eigenvalue weighted by Gasteiger charge is 2.27. The Hall–Kier alpha value is -2.59. The summed E-state index contributed by atoms with van der Waals surface area (Å²) in [6.45, 7) is 1.15. The minimum atomic E-state index is -3.49. The van der Waals surface area contributed by atoms with Crippen LogP contribution in [0.4, 0.5) is 19.1 Å². The van der Waals surface area contributed by atoms with Crippen LogP contribution in [0.25, 0.3) is 11.2 Å². The van der Waals surface area contributed by atoms with E-state index < -0.39 is 41.0 Å². The highest BCUT2D eigenvalue weighted by Crippen LogP contribution is 2.19. The van der Waals surface area contributed by atoms with Gasteiger partial charge in [-0.15, -0.1) is 0 Å². The van der Waals surface area contributed by atoms with E-state index in [1.54, 1.807) is 0 Å². The van der Waals surface area contributed by atoms with Crippen molar-refractivity contribution in [1.29, 1.82) is 0 Å². The maximum Gasteiger partial charge on any atom is 0.330 e. The summed E-state index contributed by atoms with van der Waals surface area (Å²) in [6, 6.07) is 0. The molecule has 1 unspecified atom stereocenters. The van der Waals surface area contributed by atoms with Gasteiger partial charge >= 0.3 is 5.69 Å². The summed E-state index contributed by atoms with van der Waals surface area (Å²) in [5, 5.41) is 2.14. The predicted molar refractivity (Wildman–Crippen MR) is 61.4 cm³/mol. The van der Waals surface area contributed by atoms with Crippen LogP contribution >= 0.6 is 0 Å². The first-order valence-electron chi connectivity index (χ1n) is 5.25. The predicted octanol–water partition coefficient (Wildman–Crippen LogP) is 0.104. The molecule has 0 aromatic carbocycles. The molecule has 2 aromatic rings. The molecule has 3 N–H and O–H groups in total. The number of carbonyl (C=O) groups excluding carboxylic acids is 1. The largest absolute Gasteiger partial charge is 0.330 e. The Labute approximate surface area is 107 Å². The van der Waals surface area contributed by atoms with Crippen LogP contribution in [0.1, 0.15) is 13.2 Å². The molecule has 0 aliphatic carbocycles. The molecular formula is C9H8F3N5O3. The molecule has 2 heterocycles.